The maximum Gasteiger partial charge on any atom is -0.0358 e. The number of hydrogen-bond acceptors (Lipinski definition) is 0. The van der Waals surface area contributed by atoms with Crippen molar-refractivity contribution in [1.29, 1.82) is 0 Å². The Labute approximate surface area is 155 Å². The van der Waals surface area contributed by atoms with Gasteiger partial charge in [0, 0.05) is 0 Å². The molecule has 0 nitrogen and oxygen atoms in total. The predicted molar refractivity (Wildman–Crippen MR) is 112 cm³/mol. The second kappa shape index (κ2) is 10.9. The van der Waals surface area contributed by atoms with Crippen molar-refractivity contribution in [3.8, 4) is 0 Å². The zero-order chi connectivity index (χ0) is 19.2. The van der Waals surface area contributed by atoms with Gasteiger partial charge >= 0.3 is 0 Å². The van der Waals surface area contributed by atoms with Crippen molar-refractivity contribution in [2.75, 3.05) is 0 Å². The van der Waals surface area contributed by atoms with Crippen LogP contribution in [-0.4, -0.2) is 0 Å². The van der Waals surface area contributed by atoms with Crippen molar-refractivity contribution in [3.63, 3.8) is 0 Å². The lowest BCUT2D eigenvalue weighted by Gasteiger charge is -2.41. The van der Waals surface area contributed by atoms with Gasteiger partial charge in [-0.2, -0.15) is 0 Å². The van der Waals surface area contributed by atoms with Gasteiger partial charge in [-0.15, -0.1) is 0 Å². The third kappa shape index (κ3) is 6.38. The van der Waals surface area contributed by atoms with Crippen molar-refractivity contribution >= 4 is 0 Å². The van der Waals surface area contributed by atoms with E-state index in [0.29, 0.717) is 0 Å². The van der Waals surface area contributed by atoms with Crippen LogP contribution < -0.4 is 0 Å². The van der Waals surface area contributed by atoms with Crippen LogP contribution in [0.4, 0.5) is 0 Å². The highest BCUT2D eigenvalue weighted by Crippen LogP contribution is 2.41. The van der Waals surface area contributed by atoms with Gasteiger partial charge in [-0.25, -0.2) is 0 Å². The van der Waals surface area contributed by atoms with Crippen LogP contribution in [0.25, 0.3) is 0 Å². The lowest BCUT2D eigenvalue weighted by Crippen LogP contribution is -2.35. The Morgan fingerprint density at radius 2 is 0.750 bits per heavy atom. The Balaban J connectivity index is 5.09. The van der Waals surface area contributed by atoms with Crippen LogP contribution >= 0.6 is 0 Å². The Morgan fingerprint density at radius 3 is 1.08 bits per heavy atom. The molecule has 0 fully saturated rings. The second-order valence-electron chi connectivity index (χ2n) is 9.95. The first-order valence-electron chi connectivity index (χ1n) is 11.0. The summed E-state index contributed by atoms with van der Waals surface area (Å²) in [5, 5.41) is 0. The van der Waals surface area contributed by atoms with Gasteiger partial charge in [0.2, 0.25) is 0 Å². The summed E-state index contributed by atoms with van der Waals surface area (Å²) in [7, 11) is 0. The largest absolute Gasteiger partial charge is 0.0654 e. The van der Waals surface area contributed by atoms with E-state index in [9.17, 15) is 0 Å². The fourth-order valence-corrected chi connectivity index (χ4v) is 4.74. The van der Waals surface area contributed by atoms with E-state index in [-0.39, 0.29) is 0 Å². The molecule has 0 aromatic heterocycles. The highest BCUT2D eigenvalue weighted by atomic mass is 14.4. The minimum absolute atomic E-state index is 0.788. The zero-order valence-corrected chi connectivity index (χ0v) is 19.2. The topological polar surface area (TPSA) is 0 Å². The minimum atomic E-state index is 0.788. The first kappa shape index (κ1) is 24.0. The quantitative estimate of drug-likeness (QED) is 0.356. The summed E-state index contributed by atoms with van der Waals surface area (Å²) in [5.74, 6) is 8.13. The van der Waals surface area contributed by atoms with Gasteiger partial charge in [0.15, 0.2) is 0 Å². The highest BCUT2D eigenvalue weighted by Gasteiger charge is 2.34. The summed E-state index contributed by atoms with van der Waals surface area (Å²) < 4.78 is 0. The lowest BCUT2D eigenvalue weighted by atomic mass is 9.64. The van der Waals surface area contributed by atoms with E-state index in [0.717, 1.165) is 59.2 Å². The van der Waals surface area contributed by atoms with Gasteiger partial charge < -0.3 is 0 Å². The van der Waals surface area contributed by atoms with Gasteiger partial charge in [-0.1, -0.05) is 95.9 Å². The average molecular weight is 339 g/mol. The van der Waals surface area contributed by atoms with Gasteiger partial charge in [-0.05, 0) is 59.2 Å². The zero-order valence-electron chi connectivity index (χ0n) is 19.2. The molecule has 0 aliphatic carbocycles. The van der Waals surface area contributed by atoms with Crippen LogP contribution in [0.15, 0.2) is 0 Å². The molecule has 146 valence electrons. The van der Waals surface area contributed by atoms with Gasteiger partial charge in [-0.3, -0.25) is 0 Å². The molecule has 0 saturated carbocycles. The SMILES string of the molecule is CCCC(C(C)C(C)C)C(C)C(C)C(C)C(C)C(C)C(C)C(C)C. The van der Waals surface area contributed by atoms with Crippen LogP contribution in [0, 0.1) is 59.2 Å². The first-order chi connectivity index (χ1) is 11.0. The first-order valence-corrected chi connectivity index (χ1v) is 11.0. The molecular weight excluding hydrogens is 288 g/mol. The molecule has 0 aliphatic heterocycles. The van der Waals surface area contributed by atoms with Gasteiger partial charge in [0.25, 0.3) is 0 Å². The molecule has 0 amide bonds. The van der Waals surface area contributed by atoms with Crippen LogP contribution in [0.2, 0.25) is 0 Å². The smallest absolute Gasteiger partial charge is 0.0358 e. The third-order valence-corrected chi connectivity index (χ3v) is 8.22. The number of hydrogen-bond donors (Lipinski definition) is 0. The lowest BCUT2D eigenvalue weighted by molar-refractivity contribution is 0.0746. The predicted octanol–water partition coefficient (Wildman–Crippen LogP) is 8.17. The average Bonchev–Trinajstić information content (AvgIpc) is 2.54. The molecule has 0 radical (unpaired) electrons. The third-order valence-electron chi connectivity index (χ3n) is 8.22. The van der Waals surface area contributed by atoms with Crippen molar-refractivity contribution < 1.29 is 0 Å². The van der Waals surface area contributed by atoms with Crippen LogP contribution in [0.5, 0.6) is 0 Å². The summed E-state index contributed by atoms with van der Waals surface area (Å²) in [6.07, 6.45) is 2.72. The van der Waals surface area contributed by atoms with E-state index in [1.54, 1.807) is 0 Å². The molecule has 0 N–H and O–H groups in total. The maximum atomic E-state index is 2.55. The Morgan fingerprint density at radius 1 is 0.417 bits per heavy atom. The number of rotatable bonds is 11. The summed E-state index contributed by atoms with van der Waals surface area (Å²) in [5.41, 5.74) is 0. The standard InChI is InChI=1S/C24H50/c1-13-14-24(18(7)16(4)5)23(12)22(11)21(10)20(9)19(8)17(6)15(2)3/h15-24H,13-14H2,1-12H3. The Bertz CT molecular complexity index is 316. The van der Waals surface area contributed by atoms with Gasteiger partial charge in [0.05, 0.1) is 0 Å². The molecule has 0 heterocycles. The molecule has 8 unspecified atom stereocenters. The van der Waals surface area contributed by atoms with Crippen LogP contribution in [0.3, 0.4) is 0 Å². The van der Waals surface area contributed by atoms with Crippen LogP contribution in [-0.2, 0) is 0 Å². The fraction of sp³-hybridized carbons (Fsp3) is 1.00. The molecule has 0 aromatic carbocycles. The van der Waals surface area contributed by atoms with E-state index >= 15 is 0 Å². The van der Waals surface area contributed by atoms with Crippen molar-refractivity contribution in [2.45, 2.75) is 95.9 Å². The van der Waals surface area contributed by atoms with E-state index in [4.69, 9.17) is 0 Å². The summed E-state index contributed by atoms with van der Waals surface area (Å²) in [6.45, 7) is 29.5. The van der Waals surface area contributed by atoms with Crippen molar-refractivity contribution in [1.82, 2.24) is 0 Å². The summed E-state index contributed by atoms with van der Waals surface area (Å²) >= 11 is 0. The molecule has 0 bridgehead atoms. The highest BCUT2D eigenvalue weighted by molar-refractivity contribution is 4.83. The summed E-state index contributed by atoms with van der Waals surface area (Å²) in [6, 6.07) is 0. The normalized spacial score (nSPS) is 22.8. The Hall–Kier alpha value is 0. The van der Waals surface area contributed by atoms with E-state index < -0.39 is 0 Å². The van der Waals surface area contributed by atoms with Crippen molar-refractivity contribution in [2.24, 2.45) is 59.2 Å². The monoisotopic (exact) mass is 338 g/mol. The van der Waals surface area contributed by atoms with Crippen LogP contribution in [0.1, 0.15) is 95.9 Å². The second-order valence-corrected chi connectivity index (χ2v) is 9.95. The maximum absolute atomic E-state index is 2.55. The molecule has 0 heteroatoms. The molecule has 0 aromatic rings. The van der Waals surface area contributed by atoms with E-state index in [1.807, 2.05) is 0 Å². The fourth-order valence-electron chi connectivity index (χ4n) is 4.74. The Kier molecular flexibility index (Phi) is 10.9. The molecule has 8 atom stereocenters. The minimum Gasteiger partial charge on any atom is -0.0654 e. The van der Waals surface area contributed by atoms with Gasteiger partial charge in [0.1, 0.15) is 0 Å². The molecule has 0 aliphatic rings. The molecule has 0 saturated heterocycles. The molecule has 0 rings (SSSR count). The summed E-state index contributed by atoms with van der Waals surface area (Å²) in [4.78, 5) is 0. The van der Waals surface area contributed by atoms with Crippen molar-refractivity contribution in [3.05, 3.63) is 0 Å². The molecule has 24 heavy (non-hydrogen) atoms. The van der Waals surface area contributed by atoms with E-state index in [2.05, 4.69) is 83.1 Å². The molecular formula is C24H50. The van der Waals surface area contributed by atoms with E-state index in [1.165, 1.54) is 12.8 Å². The molecule has 0 spiro atoms.